The van der Waals surface area contributed by atoms with Gasteiger partial charge in [-0.05, 0) is 46.7 Å². The normalized spacial score (nSPS) is 12.8. The molecular formula is C11H9FIN2OP. The first-order chi connectivity index (χ1) is 8.15. The van der Waals surface area contributed by atoms with Crippen LogP contribution in [0.4, 0.5) is 4.39 Å². The molecule has 2 aromatic rings. The van der Waals surface area contributed by atoms with Gasteiger partial charge in [0, 0.05) is 5.39 Å². The van der Waals surface area contributed by atoms with Gasteiger partial charge in [-0.1, -0.05) is 12.1 Å². The first kappa shape index (κ1) is 12.6. The van der Waals surface area contributed by atoms with Crippen LogP contribution in [-0.2, 0) is 4.79 Å². The smallest absolute Gasteiger partial charge is 0.178 e. The first-order valence-electron chi connectivity index (χ1n) is 4.84. The average Bonchev–Trinajstić information content (AvgIpc) is 2.65. The van der Waals surface area contributed by atoms with Crippen molar-refractivity contribution >= 4 is 51.7 Å². The summed E-state index contributed by atoms with van der Waals surface area (Å²) >= 11 is 2.24. The second-order valence-corrected chi connectivity index (χ2v) is 5.55. The molecule has 1 aromatic carbocycles. The minimum atomic E-state index is -0.774. The van der Waals surface area contributed by atoms with Gasteiger partial charge >= 0.3 is 0 Å². The quantitative estimate of drug-likeness (QED) is 0.362. The fourth-order valence-electron chi connectivity index (χ4n) is 1.64. The van der Waals surface area contributed by atoms with Gasteiger partial charge in [-0.2, -0.15) is 5.10 Å². The van der Waals surface area contributed by atoms with Crippen LogP contribution in [0, 0.1) is 6.92 Å². The van der Waals surface area contributed by atoms with Crippen molar-refractivity contribution in [3.05, 3.63) is 35.3 Å². The van der Waals surface area contributed by atoms with Crippen LogP contribution < -0.4 is 0 Å². The summed E-state index contributed by atoms with van der Waals surface area (Å²) in [6.07, 6.45) is 1.91. The minimum Gasteiger partial charge on any atom is -0.295 e. The lowest BCUT2D eigenvalue weighted by Gasteiger charge is -1.98. The number of halogens is 2. The summed E-state index contributed by atoms with van der Waals surface area (Å²) in [7, 11) is 0. The molecule has 0 aliphatic heterocycles. The zero-order chi connectivity index (χ0) is 12.4. The second kappa shape index (κ2) is 5.23. The molecule has 0 aliphatic rings. The minimum absolute atomic E-state index is 0.201. The number of benzene rings is 1. The molecule has 0 fully saturated rings. The zero-order valence-electron chi connectivity index (χ0n) is 8.95. The van der Waals surface area contributed by atoms with Crippen molar-refractivity contribution in [3.8, 4) is 0 Å². The van der Waals surface area contributed by atoms with Crippen LogP contribution in [0.3, 0.4) is 0 Å². The highest BCUT2D eigenvalue weighted by Gasteiger charge is 2.06. The topological polar surface area (TPSA) is 34.9 Å². The number of rotatable bonds is 3. The molecule has 2 rings (SSSR count). The van der Waals surface area contributed by atoms with Gasteiger partial charge in [0.2, 0.25) is 0 Å². The maximum absolute atomic E-state index is 12.9. The maximum Gasteiger partial charge on any atom is 0.178 e. The lowest BCUT2D eigenvalue weighted by atomic mass is 10.1. The SMILES string of the molecule is Cc1nn(PI)c2cc(/C=C(\F)C=O)ccc12. The number of carbonyl (C=O) groups is 1. The van der Waals surface area contributed by atoms with Crippen molar-refractivity contribution in [3.63, 3.8) is 0 Å². The molecule has 17 heavy (non-hydrogen) atoms. The fourth-order valence-corrected chi connectivity index (χ4v) is 3.20. The molecule has 0 saturated carbocycles. The highest BCUT2D eigenvalue weighted by atomic mass is 127. The molecule has 0 N–H and O–H groups in total. The molecule has 0 saturated heterocycles. The zero-order valence-corrected chi connectivity index (χ0v) is 12.1. The van der Waals surface area contributed by atoms with Crippen molar-refractivity contribution in [2.75, 3.05) is 0 Å². The molecule has 1 unspecified atom stereocenters. The monoisotopic (exact) mass is 362 g/mol. The number of fused-ring (bicyclic) bond motifs is 1. The number of allylic oxidation sites excluding steroid dienone is 1. The number of hydrogen-bond acceptors (Lipinski definition) is 2. The van der Waals surface area contributed by atoms with Gasteiger partial charge in [0.05, 0.1) is 17.6 Å². The van der Waals surface area contributed by atoms with Gasteiger partial charge in [0.25, 0.3) is 0 Å². The molecule has 88 valence electrons. The van der Waals surface area contributed by atoms with E-state index in [1.165, 1.54) is 6.08 Å². The molecule has 1 atom stereocenters. The molecule has 1 heterocycles. The Balaban J connectivity index is 2.60. The predicted molar refractivity (Wildman–Crippen MR) is 77.4 cm³/mol. The Kier molecular flexibility index (Phi) is 3.89. The van der Waals surface area contributed by atoms with Crippen molar-refractivity contribution in [1.29, 1.82) is 0 Å². The second-order valence-electron chi connectivity index (χ2n) is 3.51. The summed E-state index contributed by atoms with van der Waals surface area (Å²) < 4.78 is 14.8. The van der Waals surface area contributed by atoms with E-state index in [0.29, 0.717) is 11.9 Å². The van der Waals surface area contributed by atoms with Gasteiger partial charge in [-0.25, -0.2) is 8.84 Å². The van der Waals surface area contributed by atoms with Gasteiger partial charge in [0.1, 0.15) is 0 Å². The molecule has 1 aromatic heterocycles. The molecule has 0 radical (unpaired) electrons. The van der Waals surface area contributed by atoms with Crippen LogP contribution in [0.15, 0.2) is 24.0 Å². The van der Waals surface area contributed by atoms with Crippen molar-refractivity contribution in [2.45, 2.75) is 6.92 Å². The van der Waals surface area contributed by atoms with E-state index in [0.717, 1.165) is 16.6 Å². The fraction of sp³-hybridized carbons (Fsp3) is 0.0909. The largest absolute Gasteiger partial charge is 0.295 e. The number of aryl methyl sites for hydroxylation is 1. The average molecular weight is 362 g/mol. The summed E-state index contributed by atoms with van der Waals surface area (Å²) in [4.78, 5) is 10.2. The van der Waals surface area contributed by atoms with Crippen molar-refractivity contribution < 1.29 is 9.18 Å². The van der Waals surface area contributed by atoms with Gasteiger partial charge < -0.3 is 0 Å². The van der Waals surface area contributed by atoms with Crippen LogP contribution in [0.2, 0.25) is 0 Å². The highest BCUT2D eigenvalue weighted by Crippen LogP contribution is 2.30. The van der Waals surface area contributed by atoms with E-state index in [2.05, 4.69) is 27.1 Å². The van der Waals surface area contributed by atoms with E-state index in [1.54, 1.807) is 6.07 Å². The molecule has 6 heteroatoms. The van der Waals surface area contributed by atoms with E-state index in [9.17, 15) is 9.18 Å². The Labute approximate surface area is 112 Å². The Hall–Kier alpha value is -0.810. The lowest BCUT2D eigenvalue weighted by molar-refractivity contribution is -0.106. The van der Waals surface area contributed by atoms with E-state index < -0.39 is 5.83 Å². The van der Waals surface area contributed by atoms with E-state index in [1.807, 2.05) is 23.5 Å². The molecule has 0 amide bonds. The predicted octanol–water partition coefficient (Wildman–Crippen LogP) is 3.65. The Bertz CT molecular complexity index is 609. The molecule has 0 aliphatic carbocycles. The molecule has 3 nitrogen and oxygen atoms in total. The van der Waals surface area contributed by atoms with Crippen LogP contribution in [-0.4, -0.2) is 15.8 Å². The Morgan fingerprint density at radius 3 is 3.00 bits per heavy atom. The highest BCUT2D eigenvalue weighted by molar-refractivity contribution is 14.2. The maximum atomic E-state index is 12.9. The summed E-state index contributed by atoms with van der Waals surface area (Å²) in [6, 6.07) is 5.51. The number of aldehydes is 1. The van der Waals surface area contributed by atoms with E-state index in [4.69, 9.17) is 0 Å². The number of carbonyl (C=O) groups excluding carboxylic acids is 1. The standard InChI is InChI=1S/C11H9FIN2OP/c1-7-10-3-2-8(4-9(12)6-16)5-11(10)15(14-7)17-13/h2-6,17H,1H3/b9-4-. The summed E-state index contributed by atoms with van der Waals surface area (Å²) in [5.74, 6) is -0.774. The van der Waals surface area contributed by atoms with Crippen LogP contribution in [0.25, 0.3) is 17.0 Å². The number of nitrogens with zero attached hydrogens (tertiary/aromatic N) is 2. The summed E-state index contributed by atoms with van der Waals surface area (Å²) in [5.41, 5.74) is 2.58. The first-order valence-corrected chi connectivity index (χ1v) is 8.90. The Morgan fingerprint density at radius 1 is 1.59 bits per heavy atom. The molecular weight excluding hydrogens is 353 g/mol. The van der Waals surface area contributed by atoms with E-state index in [-0.39, 0.29) is 6.29 Å². The molecule has 0 spiro atoms. The summed E-state index contributed by atoms with van der Waals surface area (Å²) in [5, 5.41) is 5.44. The third-order valence-electron chi connectivity index (χ3n) is 2.39. The number of hydrogen-bond donors (Lipinski definition) is 0. The lowest BCUT2D eigenvalue weighted by Crippen LogP contribution is -1.83. The van der Waals surface area contributed by atoms with Crippen LogP contribution >= 0.6 is 28.4 Å². The number of aromatic nitrogens is 2. The van der Waals surface area contributed by atoms with Crippen molar-refractivity contribution in [2.24, 2.45) is 0 Å². The van der Waals surface area contributed by atoms with Crippen LogP contribution in [0.5, 0.6) is 0 Å². The molecule has 0 bridgehead atoms. The third-order valence-corrected chi connectivity index (χ3v) is 4.26. The van der Waals surface area contributed by atoms with E-state index >= 15 is 0 Å². The van der Waals surface area contributed by atoms with Gasteiger partial charge in [-0.15, -0.1) is 0 Å². The van der Waals surface area contributed by atoms with Crippen molar-refractivity contribution in [1.82, 2.24) is 9.55 Å². The van der Waals surface area contributed by atoms with Gasteiger partial charge in [0.15, 0.2) is 12.1 Å². The van der Waals surface area contributed by atoms with Crippen LogP contribution in [0.1, 0.15) is 11.3 Å². The Morgan fingerprint density at radius 2 is 2.35 bits per heavy atom. The third kappa shape index (κ3) is 2.55. The van der Waals surface area contributed by atoms with Gasteiger partial charge in [-0.3, -0.25) is 4.79 Å². The summed E-state index contributed by atoms with van der Waals surface area (Å²) in [6.45, 7) is 1.94.